The maximum Gasteiger partial charge on any atom is 0.197 e. The second kappa shape index (κ2) is 17.4. The van der Waals surface area contributed by atoms with Gasteiger partial charge in [-0.3, -0.25) is 4.79 Å². The van der Waals surface area contributed by atoms with E-state index >= 15 is 4.79 Å². The number of carbonyl (C=O) groups excluding carboxylic acids is 1. The van der Waals surface area contributed by atoms with Gasteiger partial charge in [-0.2, -0.15) is 50.4 Å². The monoisotopic (exact) mass is 856 g/mol. The zero-order chi connectivity index (χ0) is 43.7. The van der Waals surface area contributed by atoms with Gasteiger partial charge < -0.3 is 19.3 Å². The van der Waals surface area contributed by atoms with E-state index in [-0.39, 0.29) is 30.0 Å². The molecule has 0 unspecified atom stereocenters. The number of nitrogens with zero attached hydrogens (tertiary/aromatic N) is 14. The third kappa shape index (κ3) is 7.94. The van der Waals surface area contributed by atoms with Crippen LogP contribution in [0.4, 0.5) is 11.4 Å². The van der Waals surface area contributed by atoms with Gasteiger partial charge in [-0.25, -0.2) is 0 Å². The molecule has 4 aromatic heterocycles. The molecular formula is C47H48N14O3. The molecule has 6 heterocycles. The normalized spacial score (nSPS) is 19.0. The predicted octanol–water partition coefficient (Wildman–Crippen LogP) is 5.53. The molecular weight excluding hydrogens is 809 g/mol. The molecule has 0 amide bonds. The van der Waals surface area contributed by atoms with E-state index in [0.717, 1.165) is 45.0 Å². The largest absolute Gasteiger partial charge is 0.377 e. The zero-order valence-corrected chi connectivity index (χ0v) is 36.1. The average Bonchev–Trinajstić information content (AvgIpc) is 4.16. The van der Waals surface area contributed by atoms with E-state index in [9.17, 15) is 0 Å². The lowest BCUT2D eigenvalue weighted by Gasteiger charge is -2.43. The number of aryl methyl sites for hydroxylation is 2. The van der Waals surface area contributed by atoms with Crippen LogP contribution in [-0.4, -0.2) is 116 Å². The molecule has 4 aromatic carbocycles. The van der Waals surface area contributed by atoms with Crippen LogP contribution in [0.3, 0.4) is 0 Å². The minimum atomic E-state index is -0.205. The predicted molar refractivity (Wildman–Crippen MR) is 239 cm³/mol. The smallest absolute Gasteiger partial charge is 0.197 e. The minimum Gasteiger partial charge on any atom is -0.377 e. The molecule has 2 fully saturated rings. The molecule has 2 saturated heterocycles. The fourth-order valence-corrected chi connectivity index (χ4v) is 9.32. The van der Waals surface area contributed by atoms with E-state index in [1.165, 1.54) is 0 Å². The van der Waals surface area contributed by atoms with Crippen LogP contribution < -0.4 is 9.80 Å². The molecule has 64 heavy (non-hydrogen) atoms. The van der Waals surface area contributed by atoms with Crippen molar-refractivity contribution >= 4 is 17.2 Å². The third-order valence-electron chi connectivity index (χ3n) is 11.9. The molecule has 0 aliphatic carbocycles. The topological polar surface area (TPSA) is 165 Å². The Morgan fingerprint density at radius 1 is 0.516 bits per heavy atom. The Labute approximate surface area is 369 Å². The molecule has 2 aliphatic heterocycles. The number of anilines is 2. The highest BCUT2D eigenvalue weighted by molar-refractivity contribution is 6.15. The van der Waals surface area contributed by atoms with Crippen LogP contribution >= 0.6 is 0 Å². The van der Waals surface area contributed by atoms with Gasteiger partial charge >= 0.3 is 0 Å². The first kappa shape index (κ1) is 40.7. The summed E-state index contributed by atoms with van der Waals surface area (Å²) in [5.74, 6) is -0.205. The lowest BCUT2D eigenvalue weighted by atomic mass is 9.92. The molecule has 0 bridgehead atoms. The molecule has 2 aliphatic rings. The van der Waals surface area contributed by atoms with Crippen LogP contribution in [0.1, 0.15) is 52.0 Å². The summed E-state index contributed by atoms with van der Waals surface area (Å²) in [6.45, 7) is 10.3. The second-order valence-electron chi connectivity index (χ2n) is 16.6. The summed E-state index contributed by atoms with van der Waals surface area (Å²) < 4.78 is 12.5. The van der Waals surface area contributed by atoms with Crippen LogP contribution in [0.25, 0.3) is 22.7 Å². The number of rotatable bonds is 12. The fourth-order valence-electron chi connectivity index (χ4n) is 9.32. The summed E-state index contributed by atoms with van der Waals surface area (Å²) in [6.07, 6.45) is 14.6. The van der Waals surface area contributed by atoms with Crippen LogP contribution in [0.5, 0.6) is 0 Å². The van der Waals surface area contributed by atoms with Crippen molar-refractivity contribution in [1.29, 1.82) is 0 Å². The number of hydrogen-bond acceptors (Lipinski definition) is 13. The second-order valence-corrected chi connectivity index (χ2v) is 16.6. The van der Waals surface area contributed by atoms with Gasteiger partial charge in [-0.05, 0) is 111 Å². The van der Waals surface area contributed by atoms with E-state index in [1.54, 1.807) is 68.8 Å². The third-order valence-corrected chi connectivity index (χ3v) is 11.9. The maximum absolute atomic E-state index is 15.8. The minimum absolute atomic E-state index is 0.0422. The highest BCUT2D eigenvalue weighted by Crippen LogP contribution is 2.39. The summed E-state index contributed by atoms with van der Waals surface area (Å²) in [6, 6.07) is 24.3. The van der Waals surface area contributed by atoms with Gasteiger partial charge in [0.1, 0.15) is 11.4 Å². The standard InChI is InChI=1S/C47H48N14O3/c1-31-19-41(45(60-52-15-16-53-60)43(21-31)56-33(3)27-63-29-39(56)25-35-7-5-9-37(23-35)58-48-11-12-49-58)47(62)42-20-32(2)22-44(46(42)61-54-17-18-55-61)57-34(4)28-64-30-40(57)26-36-8-6-10-38(24-36)59-50-13-14-51-59/h5-24,33-34,39-40H,25-30H2,1-4H3/t33-,34-,39+,40+/m0/s1. The first-order valence-electron chi connectivity index (χ1n) is 21.5. The molecule has 10 rings (SSSR count). The molecule has 0 saturated carbocycles. The van der Waals surface area contributed by atoms with Crippen LogP contribution in [-0.2, 0) is 22.3 Å². The molecule has 17 nitrogen and oxygen atoms in total. The van der Waals surface area contributed by atoms with Crippen molar-refractivity contribution in [2.75, 3.05) is 36.2 Å². The number of hydrogen-bond donors (Lipinski definition) is 0. The summed E-state index contributed by atoms with van der Waals surface area (Å²) in [4.78, 5) is 26.9. The van der Waals surface area contributed by atoms with Crippen molar-refractivity contribution in [3.63, 3.8) is 0 Å². The zero-order valence-electron chi connectivity index (χ0n) is 36.1. The number of aromatic nitrogens is 12. The highest BCUT2D eigenvalue weighted by Gasteiger charge is 2.37. The summed E-state index contributed by atoms with van der Waals surface area (Å²) >= 11 is 0. The Morgan fingerprint density at radius 2 is 0.891 bits per heavy atom. The molecule has 17 heteroatoms. The first-order valence-corrected chi connectivity index (χ1v) is 21.5. The van der Waals surface area contributed by atoms with Crippen molar-refractivity contribution in [3.8, 4) is 22.7 Å². The van der Waals surface area contributed by atoms with Gasteiger partial charge in [0.25, 0.3) is 0 Å². The molecule has 0 radical (unpaired) electrons. The van der Waals surface area contributed by atoms with Crippen molar-refractivity contribution in [2.45, 2.75) is 64.7 Å². The lowest BCUT2D eigenvalue weighted by molar-refractivity contribution is 0.0709. The number of benzene rings is 4. The van der Waals surface area contributed by atoms with Gasteiger partial charge in [0.05, 0.1) is 134 Å². The summed E-state index contributed by atoms with van der Waals surface area (Å²) in [5, 5.41) is 36.0. The lowest BCUT2D eigenvalue weighted by Crippen LogP contribution is -2.52. The molecule has 0 N–H and O–H groups in total. The van der Waals surface area contributed by atoms with Gasteiger partial charge in [0.2, 0.25) is 0 Å². The fraction of sp³-hybridized carbons (Fsp3) is 0.298. The van der Waals surface area contributed by atoms with Crippen molar-refractivity contribution in [1.82, 2.24) is 60.0 Å². The van der Waals surface area contributed by atoms with Crippen molar-refractivity contribution < 1.29 is 14.3 Å². The van der Waals surface area contributed by atoms with Crippen molar-refractivity contribution in [3.05, 3.63) is 156 Å². The van der Waals surface area contributed by atoms with Gasteiger partial charge in [0.15, 0.2) is 5.78 Å². The Hall–Kier alpha value is -7.37. The maximum atomic E-state index is 15.8. The van der Waals surface area contributed by atoms with Gasteiger partial charge in [-0.15, -0.1) is 9.59 Å². The van der Waals surface area contributed by atoms with Crippen molar-refractivity contribution in [2.24, 2.45) is 0 Å². The molecule has 0 spiro atoms. The summed E-state index contributed by atoms with van der Waals surface area (Å²) in [5.41, 5.74) is 9.54. The van der Waals surface area contributed by atoms with Gasteiger partial charge in [0, 0.05) is 0 Å². The van der Waals surface area contributed by atoms with Crippen LogP contribution in [0, 0.1) is 13.8 Å². The van der Waals surface area contributed by atoms with E-state index in [4.69, 9.17) is 9.47 Å². The SMILES string of the molecule is Cc1cc(C(=O)c2cc(C)cc(N3[C@H](Cc4cccc(-n5nccn5)c4)COC[C@@H]3C)c2-n2nccn2)c(-n2nccn2)c(N2[C@H](Cc3cccc(-n4nccn4)c3)COC[C@@H]2C)c1. The van der Waals surface area contributed by atoms with E-state index in [0.29, 0.717) is 61.8 Å². The first-order chi connectivity index (χ1) is 31.3. The van der Waals surface area contributed by atoms with E-state index in [1.807, 2.05) is 50.2 Å². The Morgan fingerprint density at radius 3 is 1.28 bits per heavy atom. The number of ether oxygens (including phenoxy) is 2. The van der Waals surface area contributed by atoms with Crippen LogP contribution in [0.15, 0.2) is 122 Å². The van der Waals surface area contributed by atoms with Crippen LogP contribution in [0.2, 0.25) is 0 Å². The highest BCUT2D eigenvalue weighted by atomic mass is 16.5. The van der Waals surface area contributed by atoms with E-state index in [2.05, 4.69) is 101 Å². The Balaban J connectivity index is 1.08. The summed E-state index contributed by atoms with van der Waals surface area (Å²) in [7, 11) is 0. The number of morpholine rings is 2. The quantitative estimate of drug-likeness (QED) is 0.141. The molecule has 8 aromatic rings. The van der Waals surface area contributed by atoms with E-state index < -0.39 is 0 Å². The van der Waals surface area contributed by atoms with Gasteiger partial charge in [-0.1, -0.05) is 24.3 Å². The average molecular weight is 857 g/mol. The number of ketones is 1. The Bertz CT molecular complexity index is 2670. The Kier molecular flexibility index (Phi) is 11.1. The molecule has 4 atom stereocenters. The molecule has 324 valence electrons. The number of carbonyl (C=O) groups is 1.